The molecule has 0 aliphatic rings. The van der Waals surface area contributed by atoms with Crippen LogP contribution in [0.25, 0.3) is 16.9 Å². The van der Waals surface area contributed by atoms with Gasteiger partial charge in [-0.25, -0.2) is 19.9 Å². The number of anilines is 1. The molecule has 0 saturated heterocycles. The zero-order chi connectivity index (χ0) is 23.4. The van der Waals surface area contributed by atoms with Crippen LogP contribution in [0.4, 0.5) is 5.82 Å². The van der Waals surface area contributed by atoms with Gasteiger partial charge in [-0.3, -0.25) is 9.78 Å². The van der Waals surface area contributed by atoms with Gasteiger partial charge in [0.2, 0.25) is 12.0 Å². The van der Waals surface area contributed by atoms with Crippen LogP contribution >= 0.6 is 11.6 Å². The van der Waals surface area contributed by atoms with E-state index in [0.717, 1.165) is 5.69 Å². The van der Waals surface area contributed by atoms with Gasteiger partial charge in [-0.05, 0) is 32.9 Å². The summed E-state index contributed by atoms with van der Waals surface area (Å²) in [6.45, 7) is 5.53. The molecule has 0 bridgehead atoms. The number of aryl methyl sites for hydroxylation is 1. The first-order valence-corrected chi connectivity index (χ1v) is 10.5. The Kier molecular flexibility index (Phi) is 6.71. The lowest BCUT2D eigenvalue weighted by Crippen LogP contribution is -2.38. The first-order chi connectivity index (χ1) is 15.9. The van der Waals surface area contributed by atoms with Crippen molar-refractivity contribution in [2.45, 2.75) is 33.0 Å². The molecule has 1 amide bonds. The van der Waals surface area contributed by atoms with Crippen molar-refractivity contribution in [3.63, 3.8) is 0 Å². The lowest BCUT2D eigenvalue weighted by atomic mass is 10.3. The molecule has 0 aliphatic heterocycles. The summed E-state index contributed by atoms with van der Waals surface area (Å²) < 4.78 is 13.1. The highest BCUT2D eigenvalue weighted by Crippen LogP contribution is 2.26. The van der Waals surface area contributed by atoms with Crippen LogP contribution in [0, 0.1) is 6.92 Å². The molecule has 0 aliphatic carbocycles. The molecule has 4 aromatic heterocycles. The molecule has 0 fully saturated rings. The molecule has 33 heavy (non-hydrogen) atoms. The Bertz CT molecular complexity index is 1260. The van der Waals surface area contributed by atoms with E-state index < -0.39 is 12.0 Å². The zero-order valence-electron chi connectivity index (χ0n) is 18.1. The number of aromatic nitrogens is 7. The maximum Gasteiger partial charge on any atom is 0.269 e. The number of nitrogens with zero attached hydrogens (tertiary/aromatic N) is 7. The monoisotopic (exact) mass is 468 g/mol. The third-order valence-corrected chi connectivity index (χ3v) is 4.72. The Hall–Kier alpha value is -3.70. The van der Waals surface area contributed by atoms with Crippen LogP contribution in [0.5, 0.6) is 5.88 Å². The molecule has 4 rings (SSSR count). The molecule has 0 spiro atoms. The van der Waals surface area contributed by atoms with Gasteiger partial charge in [-0.1, -0.05) is 11.6 Å². The highest BCUT2D eigenvalue weighted by atomic mass is 35.5. The number of pyridine rings is 1. The maximum absolute atomic E-state index is 12.9. The lowest BCUT2D eigenvalue weighted by molar-refractivity contribution is -0.126. The van der Waals surface area contributed by atoms with Crippen LogP contribution in [-0.2, 0) is 9.53 Å². The first-order valence-electron chi connectivity index (χ1n) is 10.1. The number of carbonyl (C=O) groups is 1. The lowest BCUT2D eigenvalue weighted by Gasteiger charge is -2.19. The Morgan fingerprint density at radius 2 is 2.00 bits per heavy atom. The van der Waals surface area contributed by atoms with Gasteiger partial charge in [-0.2, -0.15) is 9.78 Å². The number of fused-ring (bicyclic) bond motifs is 1. The number of rotatable bonds is 8. The van der Waals surface area contributed by atoms with Crippen LogP contribution in [0.2, 0.25) is 5.02 Å². The number of amides is 1. The number of carbonyl (C=O) groups excluding carboxylic acids is 1. The summed E-state index contributed by atoms with van der Waals surface area (Å²) in [7, 11) is 0. The predicted molar refractivity (Wildman–Crippen MR) is 120 cm³/mol. The first kappa shape index (κ1) is 22.5. The minimum absolute atomic E-state index is 0.00546. The van der Waals surface area contributed by atoms with Crippen LogP contribution in [-0.4, -0.2) is 59.4 Å². The second-order valence-electron chi connectivity index (χ2n) is 7.30. The fraction of sp³-hybridized carbons (Fsp3) is 0.286. The van der Waals surface area contributed by atoms with Gasteiger partial charge >= 0.3 is 0 Å². The van der Waals surface area contributed by atoms with E-state index in [4.69, 9.17) is 21.1 Å². The van der Waals surface area contributed by atoms with Gasteiger partial charge in [0.1, 0.15) is 11.7 Å². The van der Waals surface area contributed by atoms with Crippen molar-refractivity contribution in [3.05, 3.63) is 54.0 Å². The largest absolute Gasteiger partial charge is 0.461 e. The molecule has 0 saturated carbocycles. The summed E-state index contributed by atoms with van der Waals surface area (Å²) in [6.07, 6.45) is 6.34. The van der Waals surface area contributed by atoms with Gasteiger partial charge < -0.3 is 14.8 Å². The topological polar surface area (TPSA) is 130 Å². The SMILES string of the molecule is Cc1cnc(NC(=O)[C@H](COC(C)C)Oc2ncnc3c2cnn3-c2ncccc2Cl)cn1. The molecule has 1 atom stereocenters. The van der Waals surface area contributed by atoms with Crippen molar-refractivity contribution in [1.29, 1.82) is 0 Å². The van der Waals surface area contributed by atoms with E-state index in [9.17, 15) is 4.79 Å². The molecular weight excluding hydrogens is 448 g/mol. The van der Waals surface area contributed by atoms with Crippen molar-refractivity contribution >= 4 is 34.4 Å². The molecule has 0 unspecified atom stereocenters. The molecular formula is C21H21ClN8O3. The highest BCUT2D eigenvalue weighted by molar-refractivity contribution is 6.32. The van der Waals surface area contributed by atoms with Crippen LogP contribution in [0.1, 0.15) is 19.5 Å². The smallest absolute Gasteiger partial charge is 0.269 e. The number of halogens is 1. The summed E-state index contributed by atoms with van der Waals surface area (Å²) in [5.41, 5.74) is 1.16. The predicted octanol–water partition coefficient (Wildman–Crippen LogP) is 2.77. The normalized spacial score (nSPS) is 12.2. The van der Waals surface area contributed by atoms with Gasteiger partial charge in [0.05, 0.1) is 42.0 Å². The maximum atomic E-state index is 12.9. The third-order valence-electron chi connectivity index (χ3n) is 4.43. The second kappa shape index (κ2) is 9.84. The van der Waals surface area contributed by atoms with E-state index in [2.05, 4.69) is 35.3 Å². The molecule has 12 heteroatoms. The van der Waals surface area contributed by atoms with Gasteiger partial charge in [-0.15, -0.1) is 0 Å². The van der Waals surface area contributed by atoms with Crippen LogP contribution in [0.15, 0.2) is 43.2 Å². The number of nitrogens with one attached hydrogen (secondary N) is 1. The van der Waals surface area contributed by atoms with Gasteiger partial charge in [0.25, 0.3) is 5.91 Å². The van der Waals surface area contributed by atoms with E-state index in [0.29, 0.717) is 27.7 Å². The summed E-state index contributed by atoms with van der Waals surface area (Å²) in [5, 5.41) is 7.91. The average Bonchev–Trinajstić information content (AvgIpc) is 3.23. The van der Waals surface area contributed by atoms with Crippen molar-refractivity contribution in [2.75, 3.05) is 11.9 Å². The van der Waals surface area contributed by atoms with Crippen LogP contribution < -0.4 is 10.1 Å². The standard InChI is InChI=1S/C21H21ClN8O3/c1-12(2)32-10-16(20(31)29-17-9-24-13(3)7-25-17)33-21-14-8-28-30(18(14)26-11-27-21)19-15(22)5-4-6-23-19/h4-9,11-12,16H,10H2,1-3H3,(H,25,29,31)/t16-/m0/s1. The van der Waals surface area contributed by atoms with Crippen molar-refractivity contribution in [1.82, 2.24) is 34.7 Å². The Morgan fingerprint density at radius 1 is 1.15 bits per heavy atom. The Morgan fingerprint density at radius 3 is 2.73 bits per heavy atom. The Labute approximate surface area is 194 Å². The van der Waals surface area contributed by atoms with E-state index in [1.165, 1.54) is 23.4 Å². The minimum atomic E-state index is -1.02. The molecule has 4 aromatic rings. The van der Waals surface area contributed by atoms with Crippen molar-refractivity contribution in [3.8, 4) is 11.7 Å². The third kappa shape index (κ3) is 5.21. The number of hydrogen-bond acceptors (Lipinski definition) is 9. The molecule has 170 valence electrons. The van der Waals surface area contributed by atoms with Crippen molar-refractivity contribution in [2.24, 2.45) is 0 Å². The summed E-state index contributed by atoms with van der Waals surface area (Å²) in [4.78, 5) is 34.0. The van der Waals surface area contributed by atoms with Gasteiger partial charge in [0, 0.05) is 6.20 Å². The van der Waals surface area contributed by atoms with E-state index in [1.807, 2.05) is 13.8 Å². The number of hydrogen-bond donors (Lipinski definition) is 1. The van der Waals surface area contributed by atoms with E-state index in [-0.39, 0.29) is 18.6 Å². The van der Waals surface area contributed by atoms with Crippen LogP contribution in [0.3, 0.4) is 0 Å². The quantitative estimate of drug-likeness (QED) is 0.414. The molecule has 0 aromatic carbocycles. The fourth-order valence-corrected chi connectivity index (χ4v) is 3.05. The molecule has 1 N–H and O–H groups in total. The fourth-order valence-electron chi connectivity index (χ4n) is 2.85. The van der Waals surface area contributed by atoms with E-state index in [1.54, 1.807) is 31.5 Å². The molecule has 11 nitrogen and oxygen atoms in total. The van der Waals surface area contributed by atoms with E-state index >= 15 is 0 Å². The Balaban J connectivity index is 1.62. The molecule has 0 radical (unpaired) electrons. The summed E-state index contributed by atoms with van der Waals surface area (Å²) >= 11 is 6.26. The zero-order valence-corrected chi connectivity index (χ0v) is 18.9. The second-order valence-corrected chi connectivity index (χ2v) is 7.71. The number of ether oxygens (including phenoxy) is 2. The van der Waals surface area contributed by atoms with Crippen molar-refractivity contribution < 1.29 is 14.3 Å². The average molecular weight is 469 g/mol. The molecule has 4 heterocycles. The minimum Gasteiger partial charge on any atom is -0.461 e. The highest BCUT2D eigenvalue weighted by Gasteiger charge is 2.25. The summed E-state index contributed by atoms with van der Waals surface area (Å²) in [6, 6.07) is 3.42. The van der Waals surface area contributed by atoms with Gasteiger partial charge in [0.15, 0.2) is 17.3 Å². The summed E-state index contributed by atoms with van der Waals surface area (Å²) in [5.74, 6) is 0.421.